The van der Waals surface area contributed by atoms with Crippen LogP contribution in [0.4, 0.5) is 4.79 Å². The summed E-state index contributed by atoms with van der Waals surface area (Å²) in [7, 11) is 0. The molecular weight excluding hydrogens is 388 g/mol. The lowest BCUT2D eigenvalue weighted by atomic mass is 10.2. The SMILES string of the molecule is NC(=O)Oc1cccc(Cn2ncc3cc(Sc4cccnc4)ccc3c2=O)c1. The number of benzene rings is 2. The van der Waals surface area contributed by atoms with Crippen molar-refractivity contribution in [2.75, 3.05) is 0 Å². The van der Waals surface area contributed by atoms with Crippen LogP contribution in [0, 0.1) is 0 Å². The summed E-state index contributed by atoms with van der Waals surface area (Å²) in [6.45, 7) is 0.247. The second kappa shape index (κ2) is 8.15. The summed E-state index contributed by atoms with van der Waals surface area (Å²) in [6.07, 6.45) is 4.31. The fourth-order valence-corrected chi connectivity index (χ4v) is 3.74. The molecular formula is C21H16N4O3S. The fourth-order valence-electron chi connectivity index (χ4n) is 2.88. The molecule has 2 aromatic carbocycles. The van der Waals surface area contributed by atoms with Gasteiger partial charge in [-0.25, -0.2) is 9.48 Å². The lowest BCUT2D eigenvalue weighted by Gasteiger charge is -2.08. The first-order valence-corrected chi connectivity index (χ1v) is 9.54. The van der Waals surface area contributed by atoms with E-state index in [-0.39, 0.29) is 12.1 Å². The average molecular weight is 404 g/mol. The lowest BCUT2D eigenvalue weighted by Crippen LogP contribution is -2.23. The van der Waals surface area contributed by atoms with Crippen LogP contribution < -0.4 is 16.0 Å². The van der Waals surface area contributed by atoms with Gasteiger partial charge >= 0.3 is 6.09 Å². The Bertz CT molecular complexity index is 1240. The molecule has 8 heteroatoms. The molecule has 2 heterocycles. The van der Waals surface area contributed by atoms with Crippen molar-refractivity contribution in [3.05, 3.63) is 89.1 Å². The van der Waals surface area contributed by atoms with Gasteiger partial charge in [-0.1, -0.05) is 23.9 Å². The molecule has 0 spiro atoms. The van der Waals surface area contributed by atoms with Gasteiger partial charge in [-0.15, -0.1) is 0 Å². The van der Waals surface area contributed by atoms with Crippen LogP contribution in [0.5, 0.6) is 5.75 Å². The van der Waals surface area contributed by atoms with Gasteiger partial charge in [0.1, 0.15) is 5.75 Å². The topological polar surface area (TPSA) is 100 Å². The number of nitrogens with zero attached hydrogens (tertiary/aromatic N) is 3. The summed E-state index contributed by atoms with van der Waals surface area (Å²) < 4.78 is 6.25. The number of amides is 1. The fraction of sp³-hybridized carbons (Fsp3) is 0.0476. The summed E-state index contributed by atoms with van der Waals surface area (Å²) in [6, 6.07) is 16.3. The predicted octanol–water partition coefficient (Wildman–Crippen LogP) is 3.45. The molecule has 0 aliphatic carbocycles. The maximum Gasteiger partial charge on any atom is 0.409 e. The van der Waals surface area contributed by atoms with Gasteiger partial charge in [-0.3, -0.25) is 9.78 Å². The largest absolute Gasteiger partial charge is 0.410 e. The van der Waals surface area contributed by atoms with Gasteiger partial charge in [0.25, 0.3) is 5.56 Å². The van der Waals surface area contributed by atoms with Crippen LogP contribution in [0.25, 0.3) is 10.8 Å². The quantitative estimate of drug-likeness (QED) is 0.547. The van der Waals surface area contributed by atoms with Crippen LogP contribution in [0.3, 0.4) is 0 Å². The minimum atomic E-state index is -0.886. The summed E-state index contributed by atoms with van der Waals surface area (Å²) in [5.41, 5.74) is 5.61. The summed E-state index contributed by atoms with van der Waals surface area (Å²) in [5.74, 6) is 0.320. The van der Waals surface area contributed by atoms with E-state index in [0.717, 1.165) is 20.7 Å². The smallest absolute Gasteiger partial charge is 0.409 e. The molecule has 2 N–H and O–H groups in total. The highest BCUT2D eigenvalue weighted by molar-refractivity contribution is 7.99. The number of nitrogens with two attached hydrogens (primary N) is 1. The van der Waals surface area contributed by atoms with Crippen molar-refractivity contribution in [1.82, 2.24) is 14.8 Å². The van der Waals surface area contributed by atoms with Crippen molar-refractivity contribution >= 4 is 28.6 Å². The van der Waals surface area contributed by atoms with Crippen LogP contribution >= 0.6 is 11.8 Å². The van der Waals surface area contributed by atoms with Crippen molar-refractivity contribution in [2.45, 2.75) is 16.3 Å². The second-order valence-electron chi connectivity index (χ2n) is 6.22. The lowest BCUT2D eigenvalue weighted by molar-refractivity contribution is 0.211. The highest BCUT2D eigenvalue weighted by atomic mass is 32.2. The van der Waals surface area contributed by atoms with E-state index in [1.165, 1.54) is 4.68 Å². The van der Waals surface area contributed by atoms with Crippen molar-refractivity contribution in [3.63, 3.8) is 0 Å². The molecule has 0 saturated heterocycles. The van der Waals surface area contributed by atoms with Crippen LogP contribution in [-0.2, 0) is 6.54 Å². The molecule has 0 fully saturated rings. The normalized spacial score (nSPS) is 10.8. The van der Waals surface area contributed by atoms with Crippen LogP contribution in [-0.4, -0.2) is 20.9 Å². The van der Waals surface area contributed by atoms with Crippen LogP contribution in [0.15, 0.2) is 87.8 Å². The molecule has 4 aromatic rings. The Hall–Kier alpha value is -3.65. The van der Waals surface area contributed by atoms with Gasteiger partial charge < -0.3 is 10.5 Å². The third-order valence-corrected chi connectivity index (χ3v) is 5.11. The van der Waals surface area contributed by atoms with Crippen molar-refractivity contribution < 1.29 is 9.53 Å². The van der Waals surface area contributed by atoms with E-state index in [1.807, 2.05) is 30.3 Å². The number of rotatable bonds is 5. The van der Waals surface area contributed by atoms with E-state index < -0.39 is 6.09 Å². The van der Waals surface area contributed by atoms with Crippen LogP contribution in [0.1, 0.15) is 5.56 Å². The zero-order valence-corrected chi connectivity index (χ0v) is 16.0. The molecule has 0 unspecified atom stereocenters. The third-order valence-electron chi connectivity index (χ3n) is 4.14. The number of primary amides is 1. The molecule has 0 radical (unpaired) electrons. The maximum atomic E-state index is 12.8. The first kappa shape index (κ1) is 18.7. The molecule has 29 heavy (non-hydrogen) atoms. The predicted molar refractivity (Wildman–Crippen MR) is 110 cm³/mol. The van der Waals surface area contributed by atoms with E-state index >= 15 is 0 Å². The number of hydrogen-bond donors (Lipinski definition) is 1. The number of aromatic nitrogens is 3. The number of carbonyl (C=O) groups is 1. The highest BCUT2D eigenvalue weighted by Crippen LogP contribution is 2.28. The van der Waals surface area contributed by atoms with E-state index in [9.17, 15) is 9.59 Å². The number of fused-ring (bicyclic) bond motifs is 1. The number of hydrogen-bond acceptors (Lipinski definition) is 6. The van der Waals surface area contributed by atoms with E-state index in [0.29, 0.717) is 11.1 Å². The van der Waals surface area contributed by atoms with Gasteiger partial charge in [-0.05, 0) is 48.0 Å². The molecule has 7 nitrogen and oxygen atoms in total. The molecule has 0 aliphatic rings. The summed E-state index contributed by atoms with van der Waals surface area (Å²) >= 11 is 1.57. The van der Waals surface area contributed by atoms with Gasteiger partial charge in [0, 0.05) is 27.6 Å². The number of pyridine rings is 1. The minimum absolute atomic E-state index is 0.193. The molecule has 0 aliphatic heterocycles. The van der Waals surface area contributed by atoms with Crippen molar-refractivity contribution in [1.29, 1.82) is 0 Å². The van der Waals surface area contributed by atoms with Gasteiger partial charge in [0.2, 0.25) is 0 Å². The molecule has 0 atom stereocenters. The molecule has 4 rings (SSSR count). The van der Waals surface area contributed by atoms with Gasteiger partial charge in [-0.2, -0.15) is 5.10 Å². The monoisotopic (exact) mass is 404 g/mol. The average Bonchev–Trinajstić information content (AvgIpc) is 2.71. The summed E-state index contributed by atoms with van der Waals surface area (Å²) in [5, 5.41) is 5.64. The van der Waals surface area contributed by atoms with Crippen molar-refractivity contribution in [3.8, 4) is 5.75 Å². The third kappa shape index (κ3) is 4.44. The van der Waals surface area contributed by atoms with Crippen molar-refractivity contribution in [2.24, 2.45) is 5.73 Å². The Morgan fingerprint density at radius 2 is 1.97 bits per heavy atom. The summed E-state index contributed by atoms with van der Waals surface area (Å²) in [4.78, 5) is 29.9. The molecule has 0 saturated carbocycles. The zero-order chi connectivity index (χ0) is 20.2. The van der Waals surface area contributed by atoms with Gasteiger partial charge in [0.15, 0.2) is 0 Å². The van der Waals surface area contributed by atoms with E-state index in [2.05, 4.69) is 10.1 Å². The minimum Gasteiger partial charge on any atom is -0.410 e. The Balaban J connectivity index is 1.60. The van der Waals surface area contributed by atoms with Crippen LogP contribution in [0.2, 0.25) is 0 Å². The first-order chi connectivity index (χ1) is 14.1. The Kier molecular flexibility index (Phi) is 5.26. The standard InChI is InChI=1S/C21H16N4O3S/c22-21(27)28-16-4-1-3-14(9-16)13-25-20(26)19-7-6-17(10-15(19)11-24-25)29-18-5-2-8-23-12-18/h1-12H,13H2,(H2,22,27). The molecule has 2 aromatic heterocycles. The second-order valence-corrected chi connectivity index (χ2v) is 7.36. The number of ether oxygens (including phenoxy) is 1. The maximum absolute atomic E-state index is 12.8. The molecule has 144 valence electrons. The van der Waals surface area contributed by atoms with E-state index in [4.69, 9.17) is 10.5 Å². The van der Waals surface area contributed by atoms with E-state index in [1.54, 1.807) is 54.6 Å². The Morgan fingerprint density at radius 3 is 2.76 bits per heavy atom. The molecule has 0 bridgehead atoms. The Labute approximate surface area is 170 Å². The zero-order valence-electron chi connectivity index (χ0n) is 15.2. The molecule has 1 amide bonds. The number of carbonyl (C=O) groups excluding carboxylic acids is 1. The van der Waals surface area contributed by atoms with Gasteiger partial charge in [0.05, 0.1) is 18.1 Å². The Morgan fingerprint density at radius 1 is 1.07 bits per heavy atom. The highest BCUT2D eigenvalue weighted by Gasteiger charge is 2.08. The first-order valence-electron chi connectivity index (χ1n) is 8.72.